The summed E-state index contributed by atoms with van der Waals surface area (Å²) in [5.41, 5.74) is 2.59. The van der Waals surface area contributed by atoms with Gasteiger partial charge in [-0.1, -0.05) is 48.5 Å². The molecule has 4 aromatic rings. The highest BCUT2D eigenvalue weighted by molar-refractivity contribution is 5.99. The lowest BCUT2D eigenvalue weighted by Gasteiger charge is -2.27. The summed E-state index contributed by atoms with van der Waals surface area (Å²) >= 11 is 0. The van der Waals surface area contributed by atoms with Gasteiger partial charge in [0.25, 0.3) is 0 Å². The third kappa shape index (κ3) is 9.78. The molecule has 3 aromatic carbocycles. The Morgan fingerprint density at radius 2 is 1.67 bits per heavy atom. The predicted molar refractivity (Wildman–Crippen MR) is 183 cm³/mol. The van der Waals surface area contributed by atoms with Crippen molar-refractivity contribution >= 4 is 40.5 Å². The quantitative estimate of drug-likeness (QED) is 0.158. The number of fused-ring (bicyclic) bond motifs is 1. The first-order valence-electron chi connectivity index (χ1n) is 15.7. The lowest BCUT2D eigenvalue weighted by molar-refractivity contribution is -0.141. The normalized spacial score (nSPS) is 11.8. The van der Waals surface area contributed by atoms with Gasteiger partial charge in [0, 0.05) is 24.5 Å². The molecule has 4 rings (SSSR count). The maximum atomic E-state index is 13.0. The number of nitrogens with one attached hydrogen (secondary N) is 2. The molecule has 0 unspecified atom stereocenters. The molecule has 1 aromatic heterocycles. The van der Waals surface area contributed by atoms with Gasteiger partial charge in [0.1, 0.15) is 17.2 Å². The minimum atomic E-state index is -0.727. The number of benzene rings is 3. The molecule has 11 heteroatoms. The second kappa shape index (κ2) is 15.9. The van der Waals surface area contributed by atoms with E-state index in [-0.39, 0.29) is 37.6 Å². The Morgan fingerprint density at radius 1 is 0.938 bits per heavy atom. The highest BCUT2D eigenvalue weighted by Gasteiger charge is 2.25. The molecular formula is C37H42N4O7. The summed E-state index contributed by atoms with van der Waals surface area (Å²) in [4.78, 5) is 56.6. The number of ether oxygens (including phenoxy) is 2. The molecule has 252 valence electrons. The van der Waals surface area contributed by atoms with Gasteiger partial charge in [0.15, 0.2) is 0 Å². The fourth-order valence-corrected chi connectivity index (χ4v) is 5.16. The van der Waals surface area contributed by atoms with Gasteiger partial charge in [-0.25, -0.2) is 9.78 Å². The molecule has 0 spiro atoms. The first-order valence-corrected chi connectivity index (χ1v) is 15.7. The SMILES string of the molecule is COC(=O)C[C@H](NC(=O)CNC(=O)CCCN(C(=O)OC(C)(C)C)c1cc(C)ccn1)c1cccc(-c2cccc3c(O)cccc23)c1. The van der Waals surface area contributed by atoms with Crippen molar-refractivity contribution in [2.75, 3.05) is 25.1 Å². The molecule has 0 fully saturated rings. The molecule has 0 aliphatic rings. The van der Waals surface area contributed by atoms with Crippen LogP contribution in [-0.4, -0.2) is 59.8 Å². The average molecular weight is 655 g/mol. The molecule has 3 N–H and O–H groups in total. The third-order valence-corrected chi connectivity index (χ3v) is 7.46. The minimum absolute atomic E-state index is 0.0482. The maximum Gasteiger partial charge on any atom is 0.416 e. The molecule has 3 amide bonds. The lowest BCUT2D eigenvalue weighted by atomic mass is 9.94. The summed E-state index contributed by atoms with van der Waals surface area (Å²) in [5.74, 6) is -0.785. The average Bonchev–Trinajstić information content (AvgIpc) is 3.04. The number of rotatable bonds is 12. The van der Waals surface area contributed by atoms with E-state index in [1.807, 2.05) is 55.5 Å². The summed E-state index contributed by atoms with van der Waals surface area (Å²) in [5, 5.41) is 17.4. The Labute approximate surface area is 280 Å². The van der Waals surface area contributed by atoms with Gasteiger partial charge < -0.3 is 25.2 Å². The van der Waals surface area contributed by atoms with E-state index in [4.69, 9.17) is 9.47 Å². The van der Waals surface area contributed by atoms with Crippen LogP contribution in [0.5, 0.6) is 5.75 Å². The molecule has 0 aliphatic carbocycles. The maximum absolute atomic E-state index is 13.0. The number of aryl methyl sites for hydroxylation is 1. The van der Waals surface area contributed by atoms with Crippen molar-refractivity contribution in [2.24, 2.45) is 0 Å². The van der Waals surface area contributed by atoms with E-state index in [0.29, 0.717) is 23.2 Å². The lowest BCUT2D eigenvalue weighted by Crippen LogP contribution is -2.40. The molecule has 1 heterocycles. The first kappa shape index (κ1) is 35.4. The Morgan fingerprint density at radius 3 is 2.40 bits per heavy atom. The molecule has 0 aliphatic heterocycles. The zero-order valence-electron chi connectivity index (χ0n) is 27.9. The molecule has 1 atom stereocenters. The van der Waals surface area contributed by atoms with Crippen LogP contribution in [0.15, 0.2) is 79.0 Å². The van der Waals surface area contributed by atoms with Crippen LogP contribution in [0.2, 0.25) is 0 Å². The number of aromatic hydroxyl groups is 1. The van der Waals surface area contributed by atoms with E-state index in [9.17, 15) is 24.3 Å². The standard InChI is InChI=1S/C37H42N4O7/c1-24-17-18-38-32(20-24)41(36(46)48-37(2,3)4)19-9-16-33(43)39-23-34(44)40-30(22-35(45)47-5)26-11-6-10-25(21-26)27-12-7-14-29-28(27)13-8-15-31(29)42/h6-8,10-15,17-18,20-21,30,42H,9,16,19,22-23H2,1-5H3,(H,39,43)(H,40,44)/t30-/m0/s1. The number of methoxy groups -OCH3 is 1. The van der Waals surface area contributed by atoms with E-state index >= 15 is 0 Å². The van der Waals surface area contributed by atoms with Crippen molar-refractivity contribution in [1.29, 1.82) is 0 Å². The number of nitrogens with zero attached hydrogens (tertiary/aromatic N) is 2. The van der Waals surface area contributed by atoms with Crippen molar-refractivity contribution in [2.45, 2.75) is 58.6 Å². The van der Waals surface area contributed by atoms with Crippen LogP contribution in [0.1, 0.15) is 57.2 Å². The number of esters is 1. The molecule has 0 saturated heterocycles. The molecule has 0 saturated carbocycles. The number of carbonyl (C=O) groups is 4. The minimum Gasteiger partial charge on any atom is -0.507 e. The summed E-state index contributed by atoms with van der Waals surface area (Å²) in [6, 6.07) is 21.2. The number of hydrogen-bond donors (Lipinski definition) is 3. The van der Waals surface area contributed by atoms with Crippen molar-refractivity contribution < 1.29 is 33.8 Å². The highest BCUT2D eigenvalue weighted by Crippen LogP contribution is 2.34. The molecular weight excluding hydrogens is 612 g/mol. The number of hydrogen-bond acceptors (Lipinski definition) is 8. The molecule has 0 radical (unpaired) electrons. The number of phenolic OH excluding ortho intramolecular Hbond substituents is 1. The van der Waals surface area contributed by atoms with Crippen LogP contribution in [0, 0.1) is 6.92 Å². The van der Waals surface area contributed by atoms with Gasteiger partial charge in [-0.3, -0.25) is 19.3 Å². The van der Waals surface area contributed by atoms with Gasteiger partial charge in [-0.2, -0.15) is 0 Å². The monoisotopic (exact) mass is 654 g/mol. The second-order valence-electron chi connectivity index (χ2n) is 12.4. The van der Waals surface area contributed by atoms with Crippen LogP contribution >= 0.6 is 0 Å². The molecule has 0 bridgehead atoms. The summed E-state index contributed by atoms with van der Waals surface area (Å²) in [6.07, 6.45) is 1.26. The number of anilines is 1. The van der Waals surface area contributed by atoms with Crippen molar-refractivity contribution in [1.82, 2.24) is 15.6 Å². The summed E-state index contributed by atoms with van der Waals surface area (Å²) < 4.78 is 10.4. The van der Waals surface area contributed by atoms with Crippen molar-refractivity contribution in [3.63, 3.8) is 0 Å². The zero-order chi connectivity index (χ0) is 34.8. The number of aromatic nitrogens is 1. The van der Waals surface area contributed by atoms with Gasteiger partial charge in [-0.05, 0) is 86.0 Å². The fourth-order valence-electron chi connectivity index (χ4n) is 5.16. The number of amides is 3. The topological polar surface area (TPSA) is 147 Å². The zero-order valence-corrected chi connectivity index (χ0v) is 27.9. The van der Waals surface area contributed by atoms with Gasteiger partial charge >= 0.3 is 12.1 Å². The van der Waals surface area contributed by atoms with Gasteiger partial charge in [-0.15, -0.1) is 0 Å². The van der Waals surface area contributed by atoms with Crippen molar-refractivity contribution in [3.05, 3.63) is 90.1 Å². The first-order chi connectivity index (χ1) is 22.8. The van der Waals surface area contributed by atoms with E-state index in [1.165, 1.54) is 12.0 Å². The Balaban J connectivity index is 1.39. The van der Waals surface area contributed by atoms with Gasteiger partial charge in [0.05, 0.1) is 26.1 Å². The third-order valence-electron chi connectivity index (χ3n) is 7.46. The van der Waals surface area contributed by atoms with E-state index in [1.54, 1.807) is 51.2 Å². The summed E-state index contributed by atoms with van der Waals surface area (Å²) in [7, 11) is 1.28. The van der Waals surface area contributed by atoms with Gasteiger partial charge in [0.2, 0.25) is 11.8 Å². The predicted octanol–water partition coefficient (Wildman–Crippen LogP) is 5.97. The largest absolute Gasteiger partial charge is 0.507 e. The smallest absolute Gasteiger partial charge is 0.416 e. The number of carbonyl (C=O) groups excluding carboxylic acids is 4. The van der Waals surface area contributed by atoms with Crippen molar-refractivity contribution in [3.8, 4) is 16.9 Å². The van der Waals surface area contributed by atoms with E-state index in [0.717, 1.165) is 22.1 Å². The van der Waals surface area contributed by atoms with Crippen LogP contribution in [0.4, 0.5) is 10.6 Å². The Bertz CT molecular complexity index is 1780. The number of phenols is 1. The van der Waals surface area contributed by atoms with Crippen LogP contribution in [0.25, 0.3) is 21.9 Å². The molecule has 11 nitrogen and oxygen atoms in total. The summed E-state index contributed by atoms with van der Waals surface area (Å²) in [6.45, 7) is 7.08. The fraction of sp³-hybridized carbons (Fsp3) is 0.324. The highest BCUT2D eigenvalue weighted by atomic mass is 16.6. The van der Waals surface area contributed by atoms with E-state index in [2.05, 4.69) is 15.6 Å². The van der Waals surface area contributed by atoms with Crippen LogP contribution in [0.3, 0.4) is 0 Å². The number of pyridine rings is 1. The Hall–Kier alpha value is -5.45. The second-order valence-corrected chi connectivity index (χ2v) is 12.4. The van der Waals surface area contributed by atoms with Crippen LogP contribution < -0.4 is 15.5 Å². The van der Waals surface area contributed by atoms with Crippen LogP contribution in [-0.2, 0) is 23.9 Å². The van der Waals surface area contributed by atoms with E-state index < -0.39 is 29.6 Å². The Kier molecular flexibility index (Phi) is 11.7. The molecule has 48 heavy (non-hydrogen) atoms.